The number of pyridine rings is 1. The summed E-state index contributed by atoms with van der Waals surface area (Å²) in [5.74, 6) is -2.06. The Hall–Kier alpha value is -3.86. The van der Waals surface area contributed by atoms with Gasteiger partial charge in [-0.3, -0.25) is 14.6 Å². The molecule has 176 valence electrons. The molecule has 12 heteroatoms. The number of nitrogens with zero attached hydrogens (tertiary/aromatic N) is 5. The summed E-state index contributed by atoms with van der Waals surface area (Å²) < 4.78 is 28.7. The van der Waals surface area contributed by atoms with Gasteiger partial charge in [-0.15, -0.1) is 5.10 Å². The van der Waals surface area contributed by atoms with Crippen molar-refractivity contribution in [2.45, 2.75) is 19.4 Å². The molecule has 1 aromatic carbocycles. The van der Waals surface area contributed by atoms with E-state index in [1.165, 1.54) is 42.7 Å². The number of aromatic amines is 1. The van der Waals surface area contributed by atoms with Crippen molar-refractivity contribution in [1.82, 2.24) is 24.6 Å². The molecule has 1 aliphatic heterocycles. The van der Waals surface area contributed by atoms with Crippen molar-refractivity contribution in [3.05, 3.63) is 86.5 Å². The molecule has 0 unspecified atom stereocenters. The Bertz CT molecular complexity index is 1380. The molecule has 34 heavy (non-hydrogen) atoms. The highest BCUT2D eigenvalue weighted by molar-refractivity contribution is 6.30. The molecule has 3 heterocycles. The van der Waals surface area contributed by atoms with Crippen LogP contribution in [0.5, 0.6) is 0 Å². The molecular formula is C22H20ClF2N7O2. The number of rotatable bonds is 4. The molecular weight excluding hydrogens is 468 g/mol. The van der Waals surface area contributed by atoms with Crippen LogP contribution >= 0.6 is 11.6 Å². The summed E-state index contributed by atoms with van der Waals surface area (Å²) in [6, 6.07) is 3.99. The molecule has 3 N–H and O–H groups in total. The van der Waals surface area contributed by atoms with Crippen LogP contribution in [0.2, 0.25) is 5.02 Å². The van der Waals surface area contributed by atoms with E-state index in [1.54, 1.807) is 6.92 Å². The van der Waals surface area contributed by atoms with Gasteiger partial charge in [-0.25, -0.2) is 18.4 Å². The zero-order valence-corrected chi connectivity index (χ0v) is 19.0. The van der Waals surface area contributed by atoms with Gasteiger partial charge >= 0.3 is 0 Å². The van der Waals surface area contributed by atoms with Gasteiger partial charge in [0.15, 0.2) is 0 Å². The Morgan fingerprint density at radius 1 is 1.26 bits per heavy atom. The van der Waals surface area contributed by atoms with Crippen molar-refractivity contribution in [3.63, 3.8) is 0 Å². The van der Waals surface area contributed by atoms with E-state index in [0.29, 0.717) is 28.4 Å². The first kappa shape index (κ1) is 23.3. The highest BCUT2D eigenvalue weighted by Crippen LogP contribution is 2.26. The topological polar surface area (TPSA) is 122 Å². The van der Waals surface area contributed by atoms with Crippen molar-refractivity contribution in [2.75, 3.05) is 13.6 Å². The molecule has 0 bridgehead atoms. The zero-order valence-electron chi connectivity index (χ0n) is 18.2. The molecule has 0 fully saturated rings. The van der Waals surface area contributed by atoms with E-state index in [1.807, 2.05) is 0 Å². The van der Waals surface area contributed by atoms with E-state index >= 15 is 0 Å². The average molecular weight is 488 g/mol. The third-order valence-corrected chi connectivity index (χ3v) is 5.77. The molecule has 4 rings (SSSR count). The van der Waals surface area contributed by atoms with Crippen LogP contribution in [0.1, 0.15) is 29.5 Å². The Morgan fingerprint density at radius 2 is 1.97 bits per heavy atom. The Labute approximate surface area is 197 Å². The molecule has 1 atom stereocenters. The second kappa shape index (κ2) is 9.18. The smallest absolute Gasteiger partial charge is 0.294 e. The molecule has 1 aliphatic rings. The number of aromatic nitrogens is 4. The Morgan fingerprint density at radius 3 is 2.65 bits per heavy atom. The molecule has 0 radical (unpaired) electrons. The SMILES string of the molecule is CN=C(C1=C(N)[C@@H](C)N(C(=O)c2ncn(-c3cc(Cl)c[nH]c3=O)n2)CC1)c1cc(F)cc(F)c1. The van der Waals surface area contributed by atoms with Gasteiger partial charge in [0, 0.05) is 42.7 Å². The van der Waals surface area contributed by atoms with Gasteiger partial charge in [-0.05, 0) is 31.5 Å². The van der Waals surface area contributed by atoms with Gasteiger partial charge in [-0.1, -0.05) is 11.6 Å². The first-order valence-electron chi connectivity index (χ1n) is 10.2. The summed E-state index contributed by atoms with van der Waals surface area (Å²) in [6.07, 6.45) is 2.89. The summed E-state index contributed by atoms with van der Waals surface area (Å²) >= 11 is 5.93. The highest BCUT2D eigenvalue weighted by atomic mass is 35.5. The van der Waals surface area contributed by atoms with Crippen molar-refractivity contribution in [3.8, 4) is 5.69 Å². The number of hydrogen-bond donors (Lipinski definition) is 2. The number of amides is 1. The summed E-state index contributed by atoms with van der Waals surface area (Å²) in [5.41, 5.74) is 7.59. The largest absolute Gasteiger partial charge is 0.400 e. The minimum absolute atomic E-state index is 0.110. The van der Waals surface area contributed by atoms with Crippen molar-refractivity contribution < 1.29 is 13.6 Å². The molecule has 9 nitrogen and oxygen atoms in total. The lowest BCUT2D eigenvalue weighted by atomic mass is 9.91. The highest BCUT2D eigenvalue weighted by Gasteiger charge is 2.32. The fraction of sp³-hybridized carbons (Fsp3) is 0.227. The fourth-order valence-corrected chi connectivity index (χ4v) is 4.03. The number of benzene rings is 1. The second-order valence-electron chi connectivity index (χ2n) is 7.63. The van der Waals surface area contributed by atoms with Crippen LogP contribution in [0.3, 0.4) is 0 Å². The maximum absolute atomic E-state index is 13.8. The number of carbonyl (C=O) groups excluding carboxylic acids is 1. The number of H-pyrrole nitrogens is 1. The molecule has 3 aromatic rings. The second-order valence-corrected chi connectivity index (χ2v) is 8.07. The maximum Gasteiger partial charge on any atom is 0.294 e. The van der Waals surface area contributed by atoms with E-state index in [2.05, 4.69) is 20.1 Å². The van der Waals surface area contributed by atoms with Gasteiger partial charge in [-0.2, -0.15) is 0 Å². The van der Waals surface area contributed by atoms with E-state index in [4.69, 9.17) is 17.3 Å². The molecule has 0 aliphatic carbocycles. The van der Waals surface area contributed by atoms with Crippen LogP contribution in [-0.2, 0) is 0 Å². The number of halogens is 3. The minimum Gasteiger partial charge on any atom is -0.400 e. The normalized spacial score (nSPS) is 16.8. The number of hydrogen-bond acceptors (Lipinski definition) is 6. The predicted molar refractivity (Wildman–Crippen MR) is 122 cm³/mol. The van der Waals surface area contributed by atoms with Crippen LogP contribution in [0.15, 0.2) is 57.8 Å². The molecule has 2 aromatic heterocycles. The first-order chi connectivity index (χ1) is 16.2. The molecule has 0 saturated heterocycles. The summed E-state index contributed by atoms with van der Waals surface area (Å²) in [6.45, 7) is 1.98. The average Bonchev–Trinajstić information content (AvgIpc) is 3.28. The maximum atomic E-state index is 13.8. The predicted octanol–water partition coefficient (Wildman–Crippen LogP) is 2.45. The standard InChI is InChI=1S/C22H20ClF2N7O2/c1-11-18(26)16(19(27-2)12-5-14(24)8-15(25)6-12)3-4-31(11)22(34)20-29-10-32(30-20)17-7-13(23)9-28-21(17)33/h5-11H,3-4,26H2,1-2H3,(H,28,33)/t11-/m1/s1. The third kappa shape index (κ3) is 4.34. The van der Waals surface area contributed by atoms with Gasteiger partial charge in [0.05, 0.1) is 16.8 Å². The lowest BCUT2D eigenvalue weighted by Gasteiger charge is -2.35. The van der Waals surface area contributed by atoms with E-state index in [9.17, 15) is 18.4 Å². The van der Waals surface area contributed by atoms with Crippen LogP contribution in [0, 0.1) is 11.6 Å². The van der Waals surface area contributed by atoms with E-state index in [0.717, 1.165) is 10.7 Å². The summed E-state index contributed by atoms with van der Waals surface area (Å²) in [4.78, 5) is 37.4. The van der Waals surface area contributed by atoms with Crippen molar-refractivity contribution in [1.29, 1.82) is 0 Å². The quantitative estimate of drug-likeness (QED) is 0.547. The lowest BCUT2D eigenvalue weighted by Crippen LogP contribution is -2.47. The van der Waals surface area contributed by atoms with Crippen LogP contribution in [0.25, 0.3) is 5.69 Å². The van der Waals surface area contributed by atoms with E-state index < -0.39 is 29.1 Å². The van der Waals surface area contributed by atoms with Gasteiger partial charge in [0.25, 0.3) is 11.5 Å². The van der Waals surface area contributed by atoms with Crippen molar-refractivity contribution in [2.24, 2.45) is 10.7 Å². The number of aliphatic imine (C=N–C) groups is 1. The van der Waals surface area contributed by atoms with Crippen LogP contribution in [-0.4, -0.2) is 55.9 Å². The molecule has 0 saturated carbocycles. The van der Waals surface area contributed by atoms with Crippen molar-refractivity contribution >= 4 is 23.2 Å². The Balaban J connectivity index is 1.61. The Kier molecular flexibility index (Phi) is 6.29. The van der Waals surface area contributed by atoms with Crippen LogP contribution < -0.4 is 11.3 Å². The van der Waals surface area contributed by atoms with Gasteiger partial charge < -0.3 is 15.6 Å². The van der Waals surface area contributed by atoms with Gasteiger partial charge in [0.1, 0.15) is 23.6 Å². The molecule has 1 amide bonds. The minimum atomic E-state index is -0.726. The first-order valence-corrected chi connectivity index (χ1v) is 10.6. The summed E-state index contributed by atoms with van der Waals surface area (Å²) in [5, 5.41) is 4.42. The number of carbonyl (C=O) groups is 1. The lowest BCUT2D eigenvalue weighted by molar-refractivity contribution is 0.0694. The third-order valence-electron chi connectivity index (χ3n) is 5.55. The fourth-order valence-electron chi connectivity index (χ4n) is 3.87. The van der Waals surface area contributed by atoms with Gasteiger partial charge in [0.2, 0.25) is 5.82 Å². The number of nitrogens with one attached hydrogen (secondary N) is 1. The molecule has 0 spiro atoms. The van der Waals surface area contributed by atoms with E-state index in [-0.39, 0.29) is 23.6 Å². The zero-order chi connectivity index (χ0) is 24.6. The number of nitrogens with two attached hydrogens (primary N) is 1. The summed E-state index contributed by atoms with van der Waals surface area (Å²) in [7, 11) is 1.51. The monoisotopic (exact) mass is 487 g/mol. The van der Waals surface area contributed by atoms with Crippen LogP contribution in [0.4, 0.5) is 8.78 Å².